The van der Waals surface area contributed by atoms with Crippen LogP contribution in [0.2, 0.25) is 0 Å². The van der Waals surface area contributed by atoms with Gasteiger partial charge in [-0.1, -0.05) is 30.3 Å². The monoisotopic (exact) mass is 446 g/mol. The van der Waals surface area contributed by atoms with Crippen molar-refractivity contribution in [2.45, 2.75) is 12.8 Å². The van der Waals surface area contributed by atoms with Crippen LogP contribution in [-0.2, 0) is 12.8 Å². The zero-order chi connectivity index (χ0) is 22.7. The maximum atomic E-state index is 5.00. The molecule has 0 saturated carbocycles. The quantitative estimate of drug-likeness (QED) is 0.243. The van der Waals surface area contributed by atoms with Crippen LogP contribution in [0.1, 0.15) is 22.3 Å². The second kappa shape index (κ2) is 6.10. The Bertz CT molecular complexity index is 2070. The smallest absolute Gasteiger partial charge is 0.166 e. The lowest BCUT2D eigenvalue weighted by Crippen LogP contribution is -1.95. The van der Waals surface area contributed by atoms with Gasteiger partial charge in [0.15, 0.2) is 5.65 Å². The van der Waals surface area contributed by atoms with Crippen LogP contribution >= 0.6 is 0 Å². The second-order valence-electron chi connectivity index (χ2n) is 9.72. The van der Waals surface area contributed by atoms with Gasteiger partial charge in [-0.15, -0.1) is 0 Å². The molecule has 0 aliphatic heterocycles. The lowest BCUT2D eigenvalue weighted by molar-refractivity contribution is 1.19. The average Bonchev–Trinajstić information content (AvgIpc) is 3.57. The van der Waals surface area contributed by atoms with Gasteiger partial charge in [0.1, 0.15) is 16.8 Å². The Hall–Kier alpha value is -4.57. The summed E-state index contributed by atoms with van der Waals surface area (Å²) in [6.07, 6.45) is 5.67. The number of pyridine rings is 3. The van der Waals surface area contributed by atoms with Gasteiger partial charge in [0, 0.05) is 23.2 Å². The molecule has 0 fully saturated rings. The van der Waals surface area contributed by atoms with Gasteiger partial charge in [-0.2, -0.15) is 0 Å². The largest absolute Gasteiger partial charge is 0.260 e. The van der Waals surface area contributed by atoms with Gasteiger partial charge in [-0.05, 0) is 105 Å². The number of nitrogens with zero attached hydrogens (tertiary/aromatic N) is 4. The molecular weight excluding hydrogens is 428 g/mol. The third kappa shape index (κ3) is 2.20. The molecule has 0 bridgehead atoms. The van der Waals surface area contributed by atoms with Gasteiger partial charge >= 0.3 is 0 Å². The predicted octanol–water partition coefficient (Wildman–Crippen LogP) is 6.73. The van der Waals surface area contributed by atoms with Crippen LogP contribution < -0.4 is 0 Å². The fourth-order valence-corrected chi connectivity index (χ4v) is 6.37. The summed E-state index contributed by atoms with van der Waals surface area (Å²) in [5.74, 6) is 0. The summed E-state index contributed by atoms with van der Waals surface area (Å²) in [5, 5.41) is 3.49. The van der Waals surface area contributed by atoms with Crippen LogP contribution in [0.15, 0.2) is 85.2 Å². The molecule has 3 aromatic carbocycles. The molecule has 0 unspecified atom stereocenters. The number of benzene rings is 3. The first-order chi connectivity index (χ1) is 17.3. The summed E-state index contributed by atoms with van der Waals surface area (Å²) < 4.78 is 2.12. The number of imidazole rings is 1. The van der Waals surface area contributed by atoms with Crippen molar-refractivity contribution in [3.63, 3.8) is 0 Å². The van der Waals surface area contributed by atoms with E-state index < -0.39 is 0 Å². The van der Waals surface area contributed by atoms with Crippen LogP contribution in [0.5, 0.6) is 0 Å². The van der Waals surface area contributed by atoms with Crippen molar-refractivity contribution in [1.29, 1.82) is 0 Å². The minimum Gasteiger partial charge on any atom is -0.260 e. The lowest BCUT2D eigenvalue weighted by atomic mass is 9.96. The molecule has 0 N–H and O–H groups in total. The molecule has 0 saturated heterocycles. The highest BCUT2D eigenvalue weighted by molar-refractivity contribution is 6.14. The Labute approximate surface area is 200 Å². The topological polar surface area (TPSA) is 43.1 Å². The van der Waals surface area contributed by atoms with Gasteiger partial charge in [-0.25, -0.2) is 15.0 Å². The SMILES string of the molecule is c1ccc2c(c1)Cc1cc3c(cc1-2)-c1cc2c4cccnc4n4c5ncccc5nc4c2cc1C3. The standard InChI is InChI=1S/C31H18N4/c1-2-6-21-17(5-1)11-18-12-19-13-20-14-27-26(16-25(20)24(19)15-23(18)21)22-7-3-9-32-29(22)35-30(27)34-28-8-4-10-33-31(28)35/h1-10,12,14-16H,11,13H2. The molecule has 0 spiro atoms. The highest BCUT2D eigenvalue weighted by atomic mass is 15.1. The summed E-state index contributed by atoms with van der Waals surface area (Å²) >= 11 is 0. The highest BCUT2D eigenvalue weighted by Gasteiger charge is 2.26. The molecule has 4 heteroatoms. The van der Waals surface area contributed by atoms with E-state index in [-0.39, 0.29) is 0 Å². The van der Waals surface area contributed by atoms with Crippen molar-refractivity contribution >= 4 is 38.6 Å². The van der Waals surface area contributed by atoms with Crippen LogP contribution in [-0.4, -0.2) is 19.4 Å². The molecule has 7 aromatic rings. The molecule has 0 radical (unpaired) electrons. The number of rotatable bonds is 0. The van der Waals surface area contributed by atoms with Crippen LogP contribution in [0.3, 0.4) is 0 Å². The summed E-state index contributed by atoms with van der Waals surface area (Å²) in [4.78, 5) is 14.4. The number of aromatic nitrogens is 4. The Morgan fingerprint density at radius 2 is 1.26 bits per heavy atom. The maximum absolute atomic E-state index is 5.00. The summed E-state index contributed by atoms with van der Waals surface area (Å²) in [6, 6.07) is 26.6. The van der Waals surface area contributed by atoms with Crippen LogP contribution in [0.4, 0.5) is 0 Å². The number of hydrogen-bond acceptors (Lipinski definition) is 3. The molecule has 0 amide bonds. The maximum Gasteiger partial charge on any atom is 0.166 e. The van der Waals surface area contributed by atoms with E-state index >= 15 is 0 Å². The first-order valence-electron chi connectivity index (χ1n) is 12.0. The Balaban J connectivity index is 1.39. The van der Waals surface area contributed by atoms with Crippen molar-refractivity contribution in [3.8, 4) is 22.3 Å². The Morgan fingerprint density at radius 1 is 0.514 bits per heavy atom. The molecule has 0 atom stereocenters. The highest BCUT2D eigenvalue weighted by Crippen LogP contribution is 2.46. The Kier molecular flexibility index (Phi) is 3.11. The lowest BCUT2D eigenvalue weighted by Gasteiger charge is -2.11. The van der Waals surface area contributed by atoms with Crippen molar-refractivity contribution in [3.05, 3.63) is 107 Å². The predicted molar refractivity (Wildman–Crippen MR) is 140 cm³/mol. The third-order valence-corrected chi connectivity index (χ3v) is 7.88. The van der Waals surface area contributed by atoms with Gasteiger partial charge in [0.25, 0.3) is 0 Å². The summed E-state index contributed by atoms with van der Waals surface area (Å²) in [6.45, 7) is 0. The molecule has 9 rings (SSSR count). The van der Waals surface area contributed by atoms with Crippen molar-refractivity contribution in [1.82, 2.24) is 19.4 Å². The molecule has 162 valence electrons. The van der Waals surface area contributed by atoms with Gasteiger partial charge in [-0.3, -0.25) is 4.40 Å². The first kappa shape index (κ1) is 17.8. The van der Waals surface area contributed by atoms with E-state index in [4.69, 9.17) is 9.97 Å². The molecule has 2 aliphatic rings. The fraction of sp³-hybridized carbons (Fsp3) is 0.0645. The molecule has 4 heterocycles. The van der Waals surface area contributed by atoms with Crippen LogP contribution in [0, 0.1) is 0 Å². The fourth-order valence-electron chi connectivity index (χ4n) is 6.37. The molecule has 35 heavy (non-hydrogen) atoms. The van der Waals surface area contributed by atoms with E-state index in [1.54, 1.807) is 0 Å². The molecule has 2 aliphatic carbocycles. The third-order valence-electron chi connectivity index (χ3n) is 7.88. The van der Waals surface area contributed by atoms with Crippen molar-refractivity contribution < 1.29 is 0 Å². The second-order valence-corrected chi connectivity index (χ2v) is 9.72. The van der Waals surface area contributed by atoms with E-state index in [9.17, 15) is 0 Å². The van der Waals surface area contributed by atoms with E-state index in [0.717, 1.165) is 46.1 Å². The Morgan fingerprint density at radius 3 is 2.20 bits per heavy atom. The molecule has 4 aromatic heterocycles. The van der Waals surface area contributed by atoms with Gasteiger partial charge < -0.3 is 0 Å². The minimum atomic E-state index is 0.854. The van der Waals surface area contributed by atoms with E-state index in [0.29, 0.717) is 0 Å². The van der Waals surface area contributed by atoms with Crippen molar-refractivity contribution in [2.75, 3.05) is 0 Å². The van der Waals surface area contributed by atoms with Gasteiger partial charge in [0.2, 0.25) is 0 Å². The van der Waals surface area contributed by atoms with E-state index in [1.807, 2.05) is 30.6 Å². The van der Waals surface area contributed by atoms with E-state index in [1.165, 1.54) is 49.9 Å². The number of fused-ring (bicyclic) bond motifs is 14. The minimum absolute atomic E-state index is 0.854. The van der Waals surface area contributed by atoms with E-state index in [2.05, 4.69) is 64.0 Å². The van der Waals surface area contributed by atoms with Gasteiger partial charge in [0.05, 0.1) is 0 Å². The average molecular weight is 447 g/mol. The summed E-state index contributed by atoms with van der Waals surface area (Å²) in [5.41, 5.74) is 14.7. The zero-order valence-electron chi connectivity index (χ0n) is 18.8. The first-order valence-corrected chi connectivity index (χ1v) is 12.0. The summed E-state index contributed by atoms with van der Waals surface area (Å²) in [7, 11) is 0. The molecule has 4 nitrogen and oxygen atoms in total. The number of hydrogen-bond donors (Lipinski definition) is 0. The van der Waals surface area contributed by atoms with Crippen LogP contribution in [0.25, 0.3) is 60.9 Å². The normalized spacial score (nSPS) is 13.5. The molecular formula is C31H18N4. The zero-order valence-corrected chi connectivity index (χ0v) is 18.8. The van der Waals surface area contributed by atoms with Crippen molar-refractivity contribution in [2.24, 2.45) is 0 Å².